The number of carbonyl (C=O) groups excluding carboxylic acids is 3. The van der Waals surface area contributed by atoms with Crippen LogP contribution in [0.25, 0.3) is 0 Å². The summed E-state index contributed by atoms with van der Waals surface area (Å²) in [6.45, 7) is 1.60. The zero-order valence-corrected chi connectivity index (χ0v) is 13.3. The first-order valence-electron chi connectivity index (χ1n) is 7.86. The number of hydrogen-bond donors (Lipinski definition) is 2. The molecule has 1 aromatic carbocycles. The van der Waals surface area contributed by atoms with Gasteiger partial charge < -0.3 is 15.1 Å². The third-order valence-corrected chi connectivity index (χ3v) is 4.01. The molecule has 6 nitrogen and oxygen atoms in total. The van der Waals surface area contributed by atoms with Crippen LogP contribution in [0.15, 0.2) is 41.0 Å². The van der Waals surface area contributed by atoms with Gasteiger partial charge in [0.1, 0.15) is 6.04 Å². The van der Waals surface area contributed by atoms with E-state index in [2.05, 4.69) is 10.6 Å². The zero-order valence-electron chi connectivity index (χ0n) is 13.3. The molecule has 0 fully saturated rings. The van der Waals surface area contributed by atoms with Crippen molar-refractivity contribution in [3.05, 3.63) is 53.5 Å². The van der Waals surface area contributed by atoms with Gasteiger partial charge in [-0.15, -0.1) is 0 Å². The molecule has 2 aromatic rings. The molecule has 2 N–H and O–H groups in total. The maximum atomic E-state index is 12.2. The highest BCUT2D eigenvalue weighted by Gasteiger charge is 2.20. The van der Waals surface area contributed by atoms with Crippen molar-refractivity contribution in [2.75, 3.05) is 5.32 Å². The van der Waals surface area contributed by atoms with Gasteiger partial charge in [0.15, 0.2) is 11.5 Å². The Labute approximate surface area is 139 Å². The molecule has 24 heavy (non-hydrogen) atoms. The average molecular weight is 326 g/mol. The van der Waals surface area contributed by atoms with Crippen molar-refractivity contribution < 1.29 is 18.8 Å². The van der Waals surface area contributed by atoms with E-state index in [-0.39, 0.29) is 17.5 Å². The van der Waals surface area contributed by atoms with E-state index in [9.17, 15) is 14.4 Å². The van der Waals surface area contributed by atoms with Gasteiger partial charge in [0, 0.05) is 17.7 Å². The summed E-state index contributed by atoms with van der Waals surface area (Å²) in [6.07, 6.45) is 3.64. The van der Waals surface area contributed by atoms with Gasteiger partial charge in [0.05, 0.1) is 6.26 Å². The molecule has 1 aliphatic rings. The van der Waals surface area contributed by atoms with Crippen molar-refractivity contribution in [3.8, 4) is 0 Å². The fourth-order valence-corrected chi connectivity index (χ4v) is 2.72. The predicted molar refractivity (Wildman–Crippen MR) is 88.0 cm³/mol. The summed E-state index contributed by atoms with van der Waals surface area (Å²) in [6, 6.07) is 7.69. The van der Waals surface area contributed by atoms with Gasteiger partial charge in [-0.25, -0.2) is 0 Å². The summed E-state index contributed by atoms with van der Waals surface area (Å²) in [5.74, 6) is -0.481. The normalized spacial score (nSPS) is 14.6. The van der Waals surface area contributed by atoms with E-state index in [1.807, 2.05) is 6.07 Å². The standard InChI is InChI=1S/C18H18N2O4/c1-11(19-18(23)16-6-3-9-24-16)17(22)20-13-7-8-14-12(10-13)4-2-5-15(14)21/h3,6-11H,2,4-5H2,1H3,(H,19,23)(H,20,22). The monoisotopic (exact) mass is 326 g/mol. The van der Waals surface area contributed by atoms with Crippen LogP contribution in [-0.2, 0) is 11.2 Å². The number of rotatable bonds is 4. The molecule has 6 heteroatoms. The number of furan rings is 1. The van der Waals surface area contributed by atoms with Gasteiger partial charge in [0.2, 0.25) is 5.91 Å². The lowest BCUT2D eigenvalue weighted by Crippen LogP contribution is -2.41. The molecule has 0 radical (unpaired) electrons. The van der Waals surface area contributed by atoms with Crippen LogP contribution in [0.1, 0.15) is 46.2 Å². The second kappa shape index (κ2) is 6.70. The van der Waals surface area contributed by atoms with E-state index in [4.69, 9.17) is 4.42 Å². The summed E-state index contributed by atoms with van der Waals surface area (Å²) in [7, 11) is 0. The molecular formula is C18H18N2O4. The van der Waals surface area contributed by atoms with Crippen LogP contribution in [-0.4, -0.2) is 23.6 Å². The molecule has 0 saturated carbocycles. The number of carbonyl (C=O) groups is 3. The van der Waals surface area contributed by atoms with Gasteiger partial charge in [0.25, 0.3) is 5.91 Å². The first kappa shape index (κ1) is 16.0. The van der Waals surface area contributed by atoms with Gasteiger partial charge in [-0.05, 0) is 55.7 Å². The molecule has 2 amide bonds. The van der Waals surface area contributed by atoms with Crippen LogP contribution < -0.4 is 10.6 Å². The van der Waals surface area contributed by atoms with Crippen molar-refractivity contribution in [1.82, 2.24) is 5.32 Å². The average Bonchev–Trinajstić information content (AvgIpc) is 3.09. The minimum absolute atomic E-state index is 0.146. The van der Waals surface area contributed by atoms with Crippen LogP contribution in [0.4, 0.5) is 5.69 Å². The highest BCUT2D eigenvalue weighted by atomic mass is 16.3. The molecule has 1 atom stereocenters. The van der Waals surface area contributed by atoms with Gasteiger partial charge >= 0.3 is 0 Å². The Hall–Kier alpha value is -2.89. The lowest BCUT2D eigenvalue weighted by atomic mass is 9.90. The second-order valence-corrected chi connectivity index (χ2v) is 5.81. The zero-order chi connectivity index (χ0) is 17.1. The van der Waals surface area contributed by atoms with Gasteiger partial charge in [-0.2, -0.15) is 0 Å². The highest BCUT2D eigenvalue weighted by Crippen LogP contribution is 2.24. The van der Waals surface area contributed by atoms with Crippen molar-refractivity contribution in [2.24, 2.45) is 0 Å². The molecule has 1 unspecified atom stereocenters. The van der Waals surface area contributed by atoms with E-state index in [1.165, 1.54) is 12.3 Å². The van der Waals surface area contributed by atoms with Crippen molar-refractivity contribution in [1.29, 1.82) is 0 Å². The Morgan fingerprint density at radius 1 is 1.21 bits per heavy atom. The number of amides is 2. The molecule has 1 aromatic heterocycles. The number of Topliss-reactive ketones (excluding diaryl/α,β-unsaturated/α-hetero) is 1. The predicted octanol–water partition coefficient (Wildman–Crippen LogP) is 2.56. The van der Waals surface area contributed by atoms with Crippen molar-refractivity contribution in [2.45, 2.75) is 32.2 Å². The van der Waals surface area contributed by atoms with Crippen LogP contribution in [0.2, 0.25) is 0 Å². The number of hydrogen-bond acceptors (Lipinski definition) is 4. The molecule has 1 aliphatic carbocycles. The number of anilines is 1. The van der Waals surface area contributed by atoms with Crippen molar-refractivity contribution >= 4 is 23.3 Å². The summed E-state index contributed by atoms with van der Waals surface area (Å²) in [4.78, 5) is 35.9. The number of aryl methyl sites for hydroxylation is 1. The first-order chi connectivity index (χ1) is 11.5. The van der Waals surface area contributed by atoms with E-state index >= 15 is 0 Å². The quantitative estimate of drug-likeness (QED) is 0.904. The summed E-state index contributed by atoms with van der Waals surface area (Å²) < 4.78 is 4.99. The SMILES string of the molecule is CC(NC(=O)c1ccco1)C(=O)Nc1ccc2c(c1)CCCC2=O. The second-order valence-electron chi connectivity index (χ2n) is 5.81. The molecule has 124 valence electrons. The van der Waals surface area contributed by atoms with Crippen LogP contribution in [0.5, 0.6) is 0 Å². The van der Waals surface area contributed by atoms with E-state index < -0.39 is 11.9 Å². The van der Waals surface area contributed by atoms with Crippen LogP contribution in [0.3, 0.4) is 0 Å². The number of ketones is 1. The van der Waals surface area contributed by atoms with E-state index in [0.29, 0.717) is 12.1 Å². The number of fused-ring (bicyclic) bond motifs is 1. The van der Waals surface area contributed by atoms with Crippen molar-refractivity contribution in [3.63, 3.8) is 0 Å². The van der Waals surface area contributed by atoms with E-state index in [0.717, 1.165) is 24.0 Å². The number of nitrogens with one attached hydrogen (secondary N) is 2. The Morgan fingerprint density at radius 3 is 2.79 bits per heavy atom. The maximum Gasteiger partial charge on any atom is 0.287 e. The molecule has 1 heterocycles. The van der Waals surface area contributed by atoms with E-state index in [1.54, 1.807) is 25.1 Å². The minimum Gasteiger partial charge on any atom is -0.459 e. The Kier molecular flexibility index (Phi) is 4.46. The molecular weight excluding hydrogens is 308 g/mol. The minimum atomic E-state index is -0.722. The summed E-state index contributed by atoms with van der Waals surface area (Å²) in [5, 5.41) is 5.33. The molecule has 0 saturated heterocycles. The smallest absolute Gasteiger partial charge is 0.287 e. The van der Waals surface area contributed by atoms with Gasteiger partial charge in [-0.1, -0.05) is 0 Å². The summed E-state index contributed by atoms with van der Waals surface area (Å²) in [5.41, 5.74) is 2.31. The third-order valence-electron chi connectivity index (χ3n) is 4.01. The Morgan fingerprint density at radius 2 is 2.04 bits per heavy atom. The van der Waals surface area contributed by atoms with Gasteiger partial charge in [-0.3, -0.25) is 14.4 Å². The lowest BCUT2D eigenvalue weighted by Gasteiger charge is -2.17. The molecule has 0 bridgehead atoms. The highest BCUT2D eigenvalue weighted by molar-refractivity contribution is 6.01. The lowest BCUT2D eigenvalue weighted by molar-refractivity contribution is -0.117. The van der Waals surface area contributed by atoms with Crippen LogP contribution >= 0.6 is 0 Å². The fourth-order valence-electron chi connectivity index (χ4n) is 2.72. The third kappa shape index (κ3) is 3.37. The molecule has 0 aliphatic heterocycles. The molecule has 3 rings (SSSR count). The van der Waals surface area contributed by atoms with Crippen LogP contribution in [0, 0.1) is 0 Å². The largest absolute Gasteiger partial charge is 0.459 e. The maximum absolute atomic E-state index is 12.2. The topological polar surface area (TPSA) is 88.4 Å². The Balaban J connectivity index is 1.64. The first-order valence-corrected chi connectivity index (χ1v) is 7.86. The Bertz CT molecular complexity index is 780. The number of benzene rings is 1. The fraction of sp³-hybridized carbons (Fsp3) is 0.278. The summed E-state index contributed by atoms with van der Waals surface area (Å²) >= 11 is 0. The molecule has 0 spiro atoms.